The number of nitro groups is 1. The quantitative estimate of drug-likeness (QED) is 0.133. The fourth-order valence-corrected chi connectivity index (χ4v) is 5.69. The summed E-state index contributed by atoms with van der Waals surface area (Å²) in [5.74, 6) is -0.323. The second-order valence-corrected chi connectivity index (χ2v) is 10.00. The van der Waals surface area contributed by atoms with E-state index in [-0.39, 0.29) is 28.1 Å². The molecule has 0 aliphatic heterocycles. The number of amides is 1. The highest BCUT2D eigenvalue weighted by Gasteiger charge is 2.19. The van der Waals surface area contributed by atoms with Gasteiger partial charge in [0, 0.05) is 23.0 Å². The van der Waals surface area contributed by atoms with Crippen molar-refractivity contribution < 1.29 is 9.72 Å². The largest absolute Gasteiger partial charge is 0.349 e. The molecule has 0 atom stereocenters. The van der Waals surface area contributed by atoms with E-state index in [0.29, 0.717) is 21.9 Å². The van der Waals surface area contributed by atoms with Crippen LogP contribution in [-0.4, -0.2) is 36.1 Å². The minimum Gasteiger partial charge on any atom is -0.349 e. The van der Waals surface area contributed by atoms with Gasteiger partial charge in [0.1, 0.15) is 11.0 Å². The summed E-state index contributed by atoms with van der Waals surface area (Å²) in [7, 11) is 0. The lowest BCUT2D eigenvalue weighted by molar-refractivity contribution is -0.384. The molecule has 12 heteroatoms. The number of rotatable bonds is 6. The smallest absolute Gasteiger partial charge is 0.283 e. The summed E-state index contributed by atoms with van der Waals surface area (Å²) in [6.07, 6.45) is 0. The van der Waals surface area contributed by atoms with Crippen LogP contribution in [0.5, 0.6) is 0 Å². The number of fused-ring (bicyclic) bond motifs is 4. The van der Waals surface area contributed by atoms with Crippen LogP contribution in [0.3, 0.4) is 0 Å². The van der Waals surface area contributed by atoms with Gasteiger partial charge in [-0.3, -0.25) is 24.3 Å². The summed E-state index contributed by atoms with van der Waals surface area (Å²) in [6.45, 7) is 0. The average molecular weight is 529 g/mol. The predicted octanol–water partition coefficient (Wildman–Crippen LogP) is 5.12. The van der Waals surface area contributed by atoms with E-state index in [1.807, 2.05) is 48.5 Å². The number of carbonyl (C=O) groups is 1. The third-order valence-electron chi connectivity index (χ3n) is 5.69. The van der Waals surface area contributed by atoms with Crippen molar-refractivity contribution in [1.82, 2.24) is 19.5 Å². The van der Waals surface area contributed by atoms with Crippen molar-refractivity contribution in [3.8, 4) is 5.69 Å². The number of hydrogen-bond donors (Lipinski definition) is 2. The highest BCUT2D eigenvalue weighted by molar-refractivity contribution is 7.99. The number of para-hydroxylation sites is 2. The first-order chi connectivity index (χ1) is 18.0. The standard InChI is InChI=1S/C25H16N6O4S2/c32-20(28-24-27-18-7-3-4-8-19(18)37-24)13-36-25-29-21-16-5-1-2-6-17(16)26-22(21)23(33)30(25)14-9-11-15(12-10-14)31(34)35/h1-12,26H,13H2,(H,27,28,32). The Balaban J connectivity index is 1.38. The van der Waals surface area contributed by atoms with Gasteiger partial charge in [-0.15, -0.1) is 0 Å². The molecule has 2 N–H and O–H groups in total. The van der Waals surface area contributed by atoms with Gasteiger partial charge < -0.3 is 10.3 Å². The molecule has 182 valence electrons. The summed E-state index contributed by atoms with van der Waals surface area (Å²) in [6, 6.07) is 20.7. The molecule has 3 aromatic carbocycles. The number of H-pyrrole nitrogens is 1. The summed E-state index contributed by atoms with van der Waals surface area (Å²) < 4.78 is 2.32. The lowest BCUT2D eigenvalue weighted by Gasteiger charge is -2.12. The lowest BCUT2D eigenvalue weighted by Crippen LogP contribution is -2.23. The van der Waals surface area contributed by atoms with E-state index in [2.05, 4.69) is 15.3 Å². The van der Waals surface area contributed by atoms with E-state index in [0.717, 1.165) is 32.9 Å². The number of nitrogens with zero attached hydrogens (tertiary/aromatic N) is 4. The molecule has 0 radical (unpaired) electrons. The van der Waals surface area contributed by atoms with Gasteiger partial charge in [-0.25, -0.2) is 9.97 Å². The van der Waals surface area contributed by atoms with Crippen molar-refractivity contribution in [3.63, 3.8) is 0 Å². The minimum atomic E-state index is -0.506. The molecule has 0 unspecified atom stereocenters. The zero-order chi connectivity index (χ0) is 25.5. The van der Waals surface area contributed by atoms with Gasteiger partial charge in [-0.05, 0) is 30.3 Å². The van der Waals surface area contributed by atoms with E-state index in [9.17, 15) is 19.7 Å². The number of benzene rings is 3. The molecule has 3 heterocycles. The number of aromatic nitrogens is 4. The summed E-state index contributed by atoms with van der Waals surface area (Å²) in [4.78, 5) is 49.3. The first-order valence-electron chi connectivity index (χ1n) is 11.0. The molecule has 0 aliphatic carbocycles. The molecule has 10 nitrogen and oxygen atoms in total. The molecule has 6 aromatic rings. The molecule has 1 amide bonds. The molecule has 0 bridgehead atoms. The topological polar surface area (TPSA) is 136 Å². The second kappa shape index (κ2) is 9.15. The molecule has 0 saturated carbocycles. The van der Waals surface area contributed by atoms with Gasteiger partial charge in [0.05, 0.1) is 26.6 Å². The first kappa shape index (κ1) is 22.9. The van der Waals surface area contributed by atoms with Crippen LogP contribution in [0.2, 0.25) is 0 Å². The van der Waals surface area contributed by atoms with E-state index < -0.39 is 4.92 Å². The maximum absolute atomic E-state index is 13.6. The van der Waals surface area contributed by atoms with Crippen molar-refractivity contribution in [2.24, 2.45) is 0 Å². The number of nitrogens with one attached hydrogen (secondary N) is 2. The number of aromatic amines is 1. The fourth-order valence-electron chi connectivity index (χ4n) is 4.00. The van der Waals surface area contributed by atoms with E-state index in [1.54, 1.807) is 0 Å². The molecule has 3 aromatic heterocycles. The first-order valence-corrected chi connectivity index (χ1v) is 12.8. The maximum atomic E-state index is 13.6. The Morgan fingerprint density at radius 1 is 1.05 bits per heavy atom. The maximum Gasteiger partial charge on any atom is 0.283 e. The number of carbonyl (C=O) groups excluding carboxylic acids is 1. The van der Waals surface area contributed by atoms with Crippen LogP contribution in [0, 0.1) is 10.1 Å². The number of anilines is 1. The van der Waals surface area contributed by atoms with Crippen molar-refractivity contribution in [2.45, 2.75) is 5.16 Å². The van der Waals surface area contributed by atoms with Gasteiger partial charge in [-0.1, -0.05) is 53.4 Å². The van der Waals surface area contributed by atoms with Gasteiger partial charge in [0.2, 0.25) is 5.91 Å². The van der Waals surface area contributed by atoms with Crippen LogP contribution in [0.1, 0.15) is 0 Å². The second-order valence-electron chi connectivity index (χ2n) is 8.03. The number of thioether (sulfide) groups is 1. The summed E-state index contributed by atoms with van der Waals surface area (Å²) in [5, 5.41) is 15.5. The Bertz CT molecular complexity index is 1860. The van der Waals surface area contributed by atoms with Gasteiger partial charge in [-0.2, -0.15) is 0 Å². The third kappa shape index (κ3) is 4.21. The zero-order valence-corrected chi connectivity index (χ0v) is 20.5. The monoisotopic (exact) mass is 528 g/mol. The highest BCUT2D eigenvalue weighted by atomic mass is 32.2. The Morgan fingerprint density at radius 3 is 2.59 bits per heavy atom. The van der Waals surface area contributed by atoms with Crippen LogP contribution in [-0.2, 0) is 4.79 Å². The Hall–Kier alpha value is -4.55. The van der Waals surface area contributed by atoms with Crippen LogP contribution >= 0.6 is 23.1 Å². The van der Waals surface area contributed by atoms with Crippen molar-refractivity contribution in [2.75, 3.05) is 11.1 Å². The van der Waals surface area contributed by atoms with Gasteiger partial charge in [0.25, 0.3) is 11.2 Å². The zero-order valence-electron chi connectivity index (χ0n) is 18.9. The lowest BCUT2D eigenvalue weighted by atomic mass is 10.2. The predicted molar refractivity (Wildman–Crippen MR) is 145 cm³/mol. The molecule has 0 spiro atoms. The van der Waals surface area contributed by atoms with Crippen LogP contribution < -0.4 is 10.9 Å². The normalized spacial score (nSPS) is 11.4. The summed E-state index contributed by atoms with van der Waals surface area (Å²) in [5.41, 5.74) is 2.29. The Labute approximate surface area is 216 Å². The van der Waals surface area contributed by atoms with Crippen LogP contribution in [0.15, 0.2) is 82.7 Å². The van der Waals surface area contributed by atoms with Crippen LogP contribution in [0.4, 0.5) is 10.8 Å². The van der Waals surface area contributed by atoms with Gasteiger partial charge in [0.15, 0.2) is 10.3 Å². The van der Waals surface area contributed by atoms with E-state index in [1.165, 1.54) is 40.2 Å². The Kier molecular flexibility index (Phi) is 5.66. The van der Waals surface area contributed by atoms with Crippen LogP contribution in [0.25, 0.3) is 37.8 Å². The third-order valence-corrected chi connectivity index (χ3v) is 7.58. The number of non-ortho nitro benzene ring substituents is 1. The van der Waals surface area contributed by atoms with Gasteiger partial charge >= 0.3 is 0 Å². The number of thiazole rings is 1. The molecule has 0 saturated heterocycles. The van der Waals surface area contributed by atoms with E-state index in [4.69, 9.17) is 4.98 Å². The Morgan fingerprint density at radius 2 is 1.81 bits per heavy atom. The summed E-state index contributed by atoms with van der Waals surface area (Å²) >= 11 is 2.47. The number of hydrogen-bond acceptors (Lipinski definition) is 8. The molecular formula is C25H16N6O4S2. The van der Waals surface area contributed by atoms with E-state index >= 15 is 0 Å². The SMILES string of the molecule is O=C(CSc1nc2c([nH]c3ccccc32)c(=O)n1-c1ccc([N+](=O)[O-])cc1)Nc1nc2ccccc2s1. The van der Waals surface area contributed by atoms with Crippen molar-refractivity contribution in [1.29, 1.82) is 0 Å². The highest BCUT2D eigenvalue weighted by Crippen LogP contribution is 2.28. The van der Waals surface area contributed by atoms with Crippen molar-refractivity contribution >= 4 is 72.0 Å². The van der Waals surface area contributed by atoms with Crippen molar-refractivity contribution in [3.05, 3.63) is 93.3 Å². The molecule has 37 heavy (non-hydrogen) atoms. The average Bonchev–Trinajstić information content (AvgIpc) is 3.48. The molecule has 6 rings (SSSR count). The fraction of sp³-hybridized carbons (Fsp3) is 0.0400. The molecular weight excluding hydrogens is 512 g/mol. The number of nitro benzene ring substituents is 1. The minimum absolute atomic E-state index is 0.0246. The molecule has 0 fully saturated rings. The molecule has 0 aliphatic rings.